The molecule has 1 heteroatoms. The smallest absolute Gasteiger partial charge is 0.0568 e. The summed E-state index contributed by atoms with van der Waals surface area (Å²) in [6, 6.07) is 0. The van der Waals surface area contributed by atoms with E-state index in [9.17, 15) is 5.11 Å². The summed E-state index contributed by atoms with van der Waals surface area (Å²) in [5.41, 5.74) is 2.75. The third kappa shape index (κ3) is 3.46. The lowest BCUT2D eigenvalue weighted by Crippen LogP contribution is -2.52. The van der Waals surface area contributed by atoms with E-state index in [-0.39, 0.29) is 6.10 Å². The molecule has 0 bridgehead atoms. The summed E-state index contributed by atoms with van der Waals surface area (Å²) in [5, 5.41) is 10.5. The molecule has 0 unspecified atom stereocenters. The lowest BCUT2D eigenvalue weighted by molar-refractivity contribution is -0.0767. The molecule has 0 heterocycles. The van der Waals surface area contributed by atoms with E-state index in [1.54, 1.807) is 0 Å². The van der Waals surface area contributed by atoms with Gasteiger partial charge in [0.25, 0.3) is 0 Å². The van der Waals surface area contributed by atoms with Gasteiger partial charge in [-0.15, -0.1) is 0 Å². The highest BCUT2D eigenvalue weighted by Crippen LogP contribution is 2.67. The van der Waals surface area contributed by atoms with Crippen LogP contribution in [0.15, 0.2) is 23.8 Å². The average Bonchev–Trinajstić information content (AvgIpc) is 3.06. The molecule has 0 spiro atoms. The van der Waals surface area contributed by atoms with Crippen LogP contribution >= 0.6 is 0 Å². The van der Waals surface area contributed by atoms with Gasteiger partial charge in [0.05, 0.1) is 6.10 Å². The van der Waals surface area contributed by atoms with Crippen molar-refractivity contribution in [2.24, 2.45) is 58.2 Å². The Morgan fingerprint density at radius 1 is 0.933 bits per heavy atom. The molecule has 0 aromatic heterocycles. The minimum atomic E-state index is -0.0800. The van der Waals surface area contributed by atoms with Gasteiger partial charge in [-0.3, -0.25) is 0 Å². The number of aliphatic hydroxyl groups is 1. The zero-order valence-corrected chi connectivity index (χ0v) is 20.8. The maximum absolute atomic E-state index is 10.5. The first-order chi connectivity index (χ1) is 14.1. The van der Waals surface area contributed by atoms with Crippen molar-refractivity contribution in [2.75, 3.05) is 0 Å². The zero-order chi connectivity index (χ0) is 21.8. The molecule has 0 saturated heterocycles. The molecule has 0 radical (unpaired) electrons. The first-order valence-electron chi connectivity index (χ1n) is 13.2. The lowest BCUT2D eigenvalue weighted by Gasteiger charge is -2.59. The topological polar surface area (TPSA) is 20.2 Å². The summed E-state index contributed by atoms with van der Waals surface area (Å²) in [6.07, 6.45) is 16.7. The Bertz CT molecular complexity index is 688. The lowest BCUT2D eigenvalue weighted by atomic mass is 9.46. The number of rotatable bonds is 4. The fourth-order valence-electron chi connectivity index (χ4n) is 8.56. The van der Waals surface area contributed by atoms with Gasteiger partial charge in [-0.25, -0.2) is 0 Å². The fourth-order valence-corrected chi connectivity index (χ4v) is 8.56. The summed E-state index contributed by atoms with van der Waals surface area (Å²) in [7, 11) is 0. The Balaban J connectivity index is 1.56. The first-order valence-corrected chi connectivity index (χ1v) is 13.2. The Hall–Kier alpha value is -0.560. The summed E-state index contributed by atoms with van der Waals surface area (Å²) >= 11 is 0. The molecule has 4 aliphatic rings. The molecule has 1 N–H and O–H groups in total. The predicted octanol–water partition coefficient (Wildman–Crippen LogP) is 7.66. The summed E-state index contributed by atoms with van der Waals surface area (Å²) in [5.74, 6) is 5.64. The van der Waals surface area contributed by atoms with Crippen LogP contribution in [-0.2, 0) is 0 Å². The molecular formula is C29H48O. The SMILES string of the molecule is CC(C)[C@H](C)/C=C/[C@@H](C)[C@H]1CC[C@H]2C3=CC[C@H]4[C@H](C)[C@@H](O)CC[C@]4(C)[C@H]3CC[C@]12C. The van der Waals surface area contributed by atoms with Crippen LogP contribution in [-0.4, -0.2) is 11.2 Å². The minimum absolute atomic E-state index is 0.0800. The summed E-state index contributed by atoms with van der Waals surface area (Å²) in [6.45, 7) is 17.1. The van der Waals surface area contributed by atoms with E-state index in [2.05, 4.69) is 66.7 Å². The Kier molecular flexibility index (Phi) is 6.10. The molecule has 10 atom stereocenters. The number of fused-ring (bicyclic) bond motifs is 5. The highest BCUT2D eigenvalue weighted by Gasteiger charge is 2.58. The molecule has 3 saturated carbocycles. The van der Waals surface area contributed by atoms with Crippen LogP contribution in [0.5, 0.6) is 0 Å². The van der Waals surface area contributed by atoms with Gasteiger partial charge >= 0.3 is 0 Å². The standard InChI is InChI=1S/C29H48O/c1-18(2)19(3)8-9-20(4)23-12-13-25-22-10-11-24-21(5)27(30)15-17-29(24,7)26(22)14-16-28(23,25)6/h8-10,18-21,23-27,30H,11-17H2,1-7H3/b9-8+/t19-,20-,21+,23-,24+,25+,26+,27+,28-,29+/m1/s1. The van der Waals surface area contributed by atoms with Gasteiger partial charge in [0, 0.05) is 0 Å². The summed E-state index contributed by atoms with van der Waals surface area (Å²) in [4.78, 5) is 0. The first kappa shape index (κ1) is 22.6. The Labute approximate surface area is 186 Å². The number of aliphatic hydroxyl groups excluding tert-OH is 1. The molecule has 30 heavy (non-hydrogen) atoms. The Morgan fingerprint density at radius 3 is 2.30 bits per heavy atom. The van der Waals surface area contributed by atoms with Gasteiger partial charge in [-0.2, -0.15) is 0 Å². The van der Waals surface area contributed by atoms with Crippen molar-refractivity contribution in [1.29, 1.82) is 0 Å². The molecule has 0 aliphatic heterocycles. The van der Waals surface area contributed by atoms with Gasteiger partial charge in [-0.1, -0.05) is 72.3 Å². The van der Waals surface area contributed by atoms with Gasteiger partial charge in [-0.05, 0) is 103 Å². The second kappa shape index (κ2) is 8.09. The molecule has 0 aromatic carbocycles. The van der Waals surface area contributed by atoms with Crippen molar-refractivity contribution in [1.82, 2.24) is 0 Å². The van der Waals surface area contributed by atoms with Gasteiger partial charge in [0.15, 0.2) is 0 Å². The highest BCUT2D eigenvalue weighted by molar-refractivity contribution is 5.28. The second-order valence-electron chi connectivity index (χ2n) is 12.7. The van der Waals surface area contributed by atoms with E-state index in [0.717, 1.165) is 30.1 Å². The van der Waals surface area contributed by atoms with Crippen LogP contribution in [0.2, 0.25) is 0 Å². The van der Waals surface area contributed by atoms with Crippen molar-refractivity contribution in [3.63, 3.8) is 0 Å². The molecule has 170 valence electrons. The number of hydrogen-bond acceptors (Lipinski definition) is 1. The minimum Gasteiger partial charge on any atom is -0.393 e. The van der Waals surface area contributed by atoms with Gasteiger partial charge < -0.3 is 5.11 Å². The van der Waals surface area contributed by atoms with Crippen LogP contribution in [0.25, 0.3) is 0 Å². The van der Waals surface area contributed by atoms with Gasteiger partial charge in [0.2, 0.25) is 0 Å². The second-order valence-corrected chi connectivity index (χ2v) is 12.7. The van der Waals surface area contributed by atoms with Crippen LogP contribution < -0.4 is 0 Å². The van der Waals surface area contributed by atoms with Crippen LogP contribution in [0.3, 0.4) is 0 Å². The average molecular weight is 413 g/mol. The Morgan fingerprint density at radius 2 is 1.60 bits per heavy atom. The van der Waals surface area contributed by atoms with Crippen LogP contribution in [0.1, 0.15) is 93.4 Å². The molecule has 4 aliphatic carbocycles. The summed E-state index contributed by atoms with van der Waals surface area (Å²) < 4.78 is 0. The molecule has 4 rings (SSSR count). The van der Waals surface area contributed by atoms with Crippen molar-refractivity contribution in [3.05, 3.63) is 23.8 Å². The van der Waals surface area contributed by atoms with Crippen LogP contribution in [0, 0.1) is 58.2 Å². The molecular weight excluding hydrogens is 364 g/mol. The van der Waals surface area contributed by atoms with Crippen molar-refractivity contribution in [3.8, 4) is 0 Å². The molecule has 0 aromatic rings. The third-order valence-electron chi connectivity index (χ3n) is 11.1. The van der Waals surface area contributed by atoms with Crippen molar-refractivity contribution in [2.45, 2.75) is 99.5 Å². The molecule has 3 fully saturated rings. The molecule has 1 nitrogen and oxygen atoms in total. The highest BCUT2D eigenvalue weighted by atomic mass is 16.3. The van der Waals surface area contributed by atoms with Crippen molar-refractivity contribution >= 4 is 0 Å². The maximum atomic E-state index is 10.5. The number of allylic oxidation sites excluding steroid dienone is 4. The van der Waals surface area contributed by atoms with Crippen molar-refractivity contribution < 1.29 is 5.11 Å². The normalized spacial score (nSPS) is 48.1. The quantitative estimate of drug-likeness (QED) is 0.470. The van der Waals surface area contributed by atoms with Gasteiger partial charge in [0.1, 0.15) is 0 Å². The van der Waals surface area contributed by atoms with E-state index in [1.807, 2.05) is 5.57 Å². The predicted molar refractivity (Wildman–Crippen MR) is 128 cm³/mol. The number of hydrogen-bond donors (Lipinski definition) is 1. The largest absolute Gasteiger partial charge is 0.393 e. The third-order valence-corrected chi connectivity index (χ3v) is 11.1. The maximum Gasteiger partial charge on any atom is 0.0568 e. The van der Waals surface area contributed by atoms with E-state index in [0.29, 0.717) is 34.5 Å². The van der Waals surface area contributed by atoms with E-state index < -0.39 is 0 Å². The van der Waals surface area contributed by atoms with E-state index >= 15 is 0 Å². The monoisotopic (exact) mass is 412 g/mol. The van der Waals surface area contributed by atoms with E-state index in [4.69, 9.17) is 0 Å². The fraction of sp³-hybridized carbons (Fsp3) is 0.862. The molecule has 0 amide bonds. The zero-order valence-electron chi connectivity index (χ0n) is 20.8. The van der Waals surface area contributed by atoms with E-state index in [1.165, 1.54) is 38.5 Å². The van der Waals surface area contributed by atoms with Crippen LogP contribution in [0.4, 0.5) is 0 Å².